The molecule has 4 heterocycles. The van der Waals surface area contributed by atoms with Crippen molar-refractivity contribution in [1.29, 1.82) is 0 Å². The summed E-state index contributed by atoms with van der Waals surface area (Å²) < 4.78 is 30.4. The fraction of sp³-hybridized carbons (Fsp3) is 0.450. The van der Waals surface area contributed by atoms with E-state index in [0.29, 0.717) is 28.6 Å². The van der Waals surface area contributed by atoms with Crippen LogP contribution < -0.4 is 15.6 Å². The highest BCUT2D eigenvalue weighted by Crippen LogP contribution is 2.39. The van der Waals surface area contributed by atoms with Crippen LogP contribution in [0.3, 0.4) is 0 Å². The number of thioether (sulfide) groups is 2. The van der Waals surface area contributed by atoms with E-state index < -0.39 is 27.9 Å². The predicted molar refractivity (Wildman–Crippen MR) is 131 cm³/mol. The fourth-order valence-corrected chi connectivity index (χ4v) is 6.12. The maximum Gasteiger partial charge on any atom is 0.407 e. The summed E-state index contributed by atoms with van der Waals surface area (Å²) in [4.78, 5) is 36.9. The SMILES string of the molecule is CS(=O)(=O)CCOC(=O)NCCSc1ccc2n(cc[n+]2CC2=C(C(=O)O)N3C(=O)[C@@H](N)[C@H]3SC2)n1. The normalized spacial score (nSPS) is 19.7. The Bertz CT molecular complexity index is 1340. The van der Waals surface area contributed by atoms with E-state index in [9.17, 15) is 27.9 Å². The Balaban J connectivity index is 1.34. The Morgan fingerprint density at radius 1 is 1.42 bits per heavy atom. The van der Waals surface area contributed by atoms with Crippen LogP contribution in [0, 0.1) is 0 Å². The Hall–Kier alpha value is -2.82. The van der Waals surface area contributed by atoms with Crippen molar-refractivity contribution >= 4 is 57.0 Å². The minimum Gasteiger partial charge on any atom is -0.477 e. The molecule has 1 saturated heterocycles. The molecule has 2 aromatic rings. The molecule has 2 aliphatic heterocycles. The van der Waals surface area contributed by atoms with Crippen LogP contribution in [-0.2, 0) is 30.7 Å². The molecule has 4 N–H and O–H groups in total. The second-order valence-corrected chi connectivity index (χ2v) is 12.6. The van der Waals surface area contributed by atoms with Crippen molar-refractivity contribution in [3.05, 3.63) is 35.8 Å². The van der Waals surface area contributed by atoms with Crippen molar-refractivity contribution in [2.45, 2.75) is 23.0 Å². The summed E-state index contributed by atoms with van der Waals surface area (Å²) in [7, 11) is -3.19. The second kappa shape index (κ2) is 10.7. The number of aromatic nitrogens is 3. The van der Waals surface area contributed by atoms with Crippen LogP contribution in [0.5, 0.6) is 0 Å². The van der Waals surface area contributed by atoms with Crippen molar-refractivity contribution in [1.82, 2.24) is 19.8 Å². The molecule has 13 nitrogen and oxygen atoms in total. The van der Waals surface area contributed by atoms with E-state index in [1.54, 1.807) is 16.9 Å². The summed E-state index contributed by atoms with van der Waals surface area (Å²) in [6.07, 6.45) is 3.93. The first kappa shape index (κ1) is 26.2. The highest BCUT2D eigenvalue weighted by atomic mass is 32.2. The number of sulfone groups is 1. The van der Waals surface area contributed by atoms with Crippen molar-refractivity contribution in [2.75, 3.05) is 36.7 Å². The lowest BCUT2D eigenvalue weighted by molar-refractivity contribution is -0.662. The minimum atomic E-state index is -3.19. The van der Waals surface area contributed by atoms with Crippen molar-refractivity contribution in [3.8, 4) is 0 Å². The van der Waals surface area contributed by atoms with Crippen molar-refractivity contribution in [3.63, 3.8) is 0 Å². The van der Waals surface area contributed by atoms with E-state index in [1.807, 2.05) is 16.7 Å². The van der Waals surface area contributed by atoms with Crippen LogP contribution in [0.15, 0.2) is 40.8 Å². The Kier molecular flexibility index (Phi) is 7.77. The molecule has 0 radical (unpaired) electrons. The largest absolute Gasteiger partial charge is 0.477 e. The van der Waals surface area contributed by atoms with E-state index in [2.05, 4.69) is 10.4 Å². The molecule has 2 aromatic heterocycles. The van der Waals surface area contributed by atoms with Gasteiger partial charge in [-0.3, -0.25) is 9.69 Å². The number of hydrogen-bond donors (Lipinski definition) is 3. The molecule has 36 heavy (non-hydrogen) atoms. The molecule has 0 aromatic carbocycles. The fourth-order valence-electron chi connectivity index (χ4n) is 3.73. The average molecular weight is 558 g/mol. The number of alkyl carbamates (subject to hydrolysis) is 1. The van der Waals surface area contributed by atoms with E-state index in [4.69, 9.17) is 10.5 Å². The van der Waals surface area contributed by atoms with Gasteiger partial charge in [0, 0.05) is 35.9 Å². The third-order valence-electron chi connectivity index (χ3n) is 5.46. The van der Waals surface area contributed by atoms with Gasteiger partial charge in [-0.05, 0) is 6.07 Å². The number of aliphatic carboxylic acids is 1. The highest BCUT2D eigenvalue weighted by Gasteiger charge is 2.52. The lowest BCUT2D eigenvalue weighted by Crippen LogP contribution is -2.68. The molecular formula is C20H25N6O7S3+. The average Bonchev–Trinajstić information content (AvgIpc) is 3.22. The number of β-lactam (4-membered cyclic amide) rings is 1. The first-order chi connectivity index (χ1) is 17.0. The minimum absolute atomic E-state index is 0.000204. The summed E-state index contributed by atoms with van der Waals surface area (Å²) in [6, 6.07) is 3.00. The topological polar surface area (TPSA) is 177 Å². The van der Waals surface area contributed by atoms with Gasteiger partial charge in [-0.2, -0.15) is 0 Å². The molecular weight excluding hydrogens is 532 g/mol. The standard InChI is InChI=1S/C20H24N6O7S3/c1-36(31,32)9-7-33-20(30)22-4-8-34-13-2-3-14-24(5-6-25(14)23-13)10-12-11-35-18-15(21)17(27)26(18)16(12)19(28)29/h2-3,5-6,15,18H,4,7-11,21H2,1H3,(H-,22,28,29,30)/p+1/t15-,18-/m1/s1. The zero-order chi connectivity index (χ0) is 26.0. The number of carboxylic acid groups (broad SMARTS) is 1. The van der Waals surface area contributed by atoms with Gasteiger partial charge < -0.3 is 20.9 Å². The zero-order valence-corrected chi connectivity index (χ0v) is 21.6. The Morgan fingerprint density at radius 2 is 2.19 bits per heavy atom. The van der Waals surface area contributed by atoms with E-state index in [1.165, 1.54) is 28.4 Å². The van der Waals surface area contributed by atoms with Gasteiger partial charge in [-0.25, -0.2) is 22.6 Å². The van der Waals surface area contributed by atoms with Gasteiger partial charge in [-0.15, -0.1) is 28.0 Å². The number of carboxylic acids is 1. The maximum atomic E-state index is 12.2. The Morgan fingerprint density at radius 3 is 2.92 bits per heavy atom. The molecule has 2 aliphatic rings. The van der Waals surface area contributed by atoms with Gasteiger partial charge in [0.25, 0.3) is 0 Å². The maximum absolute atomic E-state index is 12.2. The van der Waals surface area contributed by atoms with E-state index in [-0.39, 0.29) is 35.9 Å². The number of carbonyl (C=O) groups is 3. The zero-order valence-electron chi connectivity index (χ0n) is 19.2. The summed E-state index contributed by atoms with van der Waals surface area (Å²) in [6.45, 7) is 0.392. The van der Waals surface area contributed by atoms with Gasteiger partial charge in [0.15, 0.2) is 16.0 Å². The molecule has 194 valence electrons. The summed E-state index contributed by atoms with van der Waals surface area (Å²) in [5.74, 6) is -0.785. The predicted octanol–water partition coefficient (Wildman–Crippen LogP) is -0.934. The van der Waals surface area contributed by atoms with Crippen molar-refractivity contribution in [2.24, 2.45) is 5.73 Å². The lowest BCUT2D eigenvalue weighted by atomic mass is 10.0. The first-order valence-corrected chi connectivity index (χ1v) is 14.9. The van der Waals surface area contributed by atoms with Gasteiger partial charge in [-0.1, -0.05) is 5.10 Å². The van der Waals surface area contributed by atoms with E-state index >= 15 is 0 Å². The number of amides is 2. The number of ether oxygens (including phenoxy) is 1. The monoisotopic (exact) mass is 557 g/mol. The molecule has 2 atom stereocenters. The third kappa shape index (κ3) is 5.77. The summed E-state index contributed by atoms with van der Waals surface area (Å²) in [5.41, 5.74) is 7.17. The molecule has 0 aliphatic carbocycles. The number of hydrogen-bond acceptors (Lipinski definition) is 10. The molecule has 0 bridgehead atoms. The van der Waals surface area contributed by atoms with Crippen LogP contribution in [0.25, 0.3) is 5.65 Å². The van der Waals surface area contributed by atoms with Crippen LogP contribution in [0.2, 0.25) is 0 Å². The van der Waals surface area contributed by atoms with Gasteiger partial charge >= 0.3 is 17.7 Å². The van der Waals surface area contributed by atoms with Crippen LogP contribution in [-0.4, -0.2) is 94.1 Å². The smallest absolute Gasteiger partial charge is 0.407 e. The second-order valence-electron chi connectivity index (χ2n) is 8.13. The molecule has 0 saturated carbocycles. The third-order valence-corrected chi connectivity index (χ3v) is 8.65. The van der Waals surface area contributed by atoms with Crippen molar-refractivity contribution < 1.29 is 37.2 Å². The molecule has 2 amide bonds. The number of imidazole rings is 1. The number of fused-ring (bicyclic) bond motifs is 2. The number of rotatable bonds is 10. The van der Waals surface area contributed by atoms with Gasteiger partial charge in [0.2, 0.25) is 5.91 Å². The lowest BCUT2D eigenvalue weighted by Gasteiger charge is -2.47. The molecule has 4 rings (SSSR count). The first-order valence-electron chi connectivity index (χ1n) is 10.8. The van der Waals surface area contributed by atoms with Gasteiger partial charge in [0.1, 0.15) is 41.5 Å². The number of nitrogens with two attached hydrogens (primary N) is 1. The molecule has 1 fully saturated rings. The van der Waals surface area contributed by atoms with E-state index in [0.717, 1.165) is 11.9 Å². The van der Waals surface area contributed by atoms with Crippen LogP contribution in [0.4, 0.5) is 4.79 Å². The highest BCUT2D eigenvalue weighted by molar-refractivity contribution is 8.00. The van der Waals surface area contributed by atoms with Crippen LogP contribution >= 0.6 is 23.5 Å². The molecule has 16 heteroatoms. The Labute approximate surface area is 214 Å². The van der Waals surface area contributed by atoms with Gasteiger partial charge in [0.05, 0.1) is 5.75 Å². The number of nitrogens with zero attached hydrogens (tertiary/aromatic N) is 4. The quantitative estimate of drug-likeness (QED) is 0.142. The number of carbonyl (C=O) groups excluding carboxylic acids is 2. The summed E-state index contributed by atoms with van der Waals surface area (Å²) >= 11 is 2.87. The summed E-state index contributed by atoms with van der Waals surface area (Å²) in [5, 5.41) is 17.2. The number of nitrogens with one attached hydrogen (secondary N) is 1. The molecule has 0 spiro atoms. The van der Waals surface area contributed by atoms with Crippen LogP contribution in [0.1, 0.15) is 0 Å². The molecule has 0 unspecified atom stereocenters.